The largest absolute Gasteiger partial charge is 0.495 e. The fourth-order valence-electron chi connectivity index (χ4n) is 3.08. The standard InChI is InChI=1S/C23H22F3N3O4/c1-4-33-17-8-5-15(6-9-17)18-10-12-21(30)29(28-18)14(2)22(31)27-19-13-16(23(24,25)26)7-11-20(19)32-3/h5-14H,4H2,1-3H3,(H,27,31). The summed E-state index contributed by atoms with van der Waals surface area (Å²) >= 11 is 0. The third-order valence-electron chi connectivity index (χ3n) is 4.82. The first kappa shape index (κ1) is 23.8. The van der Waals surface area contributed by atoms with Crippen LogP contribution in [0.15, 0.2) is 59.4 Å². The highest BCUT2D eigenvalue weighted by Crippen LogP contribution is 2.35. The Morgan fingerprint density at radius 3 is 2.42 bits per heavy atom. The van der Waals surface area contributed by atoms with Crippen LogP contribution in [0.4, 0.5) is 18.9 Å². The number of carbonyl (C=O) groups is 1. The quantitative estimate of drug-likeness (QED) is 0.559. The van der Waals surface area contributed by atoms with E-state index in [1.807, 2.05) is 6.92 Å². The van der Waals surface area contributed by atoms with Crippen molar-refractivity contribution in [2.75, 3.05) is 19.0 Å². The number of halogens is 3. The third kappa shape index (κ3) is 5.51. The van der Waals surface area contributed by atoms with Gasteiger partial charge in [0.05, 0.1) is 30.7 Å². The summed E-state index contributed by atoms with van der Waals surface area (Å²) in [6.07, 6.45) is -4.60. The fraction of sp³-hybridized carbons (Fsp3) is 0.261. The van der Waals surface area contributed by atoms with Gasteiger partial charge in [-0.1, -0.05) is 0 Å². The van der Waals surface area contributed by atoms with Gasteiger partial charge < -0.3 is 14.8 Å². The van der Waals surface area contributed by atoms with E-state index in [1.165, 1.54) is 26.2 Å². The lowest BCUT2D eigenvalue weighted by molar-refractivity contribution is -0.137. The Balaban J connectivity index is 1.88. The van der Waals surface area contributed by atoms with E-state index in [9.17, 15) is 22.8 Å². The summed E-state index contributed by atoms with van der Waals surface area (Å²) < 4.78 is 50.7. The Bertz CT molecular complexity index is 1190. The number of hydrogen-bond donors (Lipinski definition) is 1. The molecule has 33 heavy (non-hydrogen) atoms. The number of rotatable bonds is 7. The van der Waals surface area contributed by atoms with Crippen molar-refractivity contribution < 1.29 is 27.4 Å². The van der Waals surface area contributed by atoms with Gasteiger partial charge in [-0.05, 0) is 62.4 Å². The Morgan fingerprint density at radius 2 is 1.82 bits per heavy atom. The van der Waals surface area contributed by atoms with Gasteiger partial charge >= 0.3 is 6.18 Å². The highest BCUT2D eigenvalue weighted by Gasteiger charge is 2.31. The molecule has 0 spiro atoms. The molecule has 0 radical (unpaired) electrons. The number of carbonyl (C=O) groups excluding carboxylic acids is 1. The van der Waals surface area contributed by atoms with Crippen LogP contribution < -0.4 is 20.3 Å². The highest BCUT2D eigenvalue weighted by molar-refractivity contribution is 5.94. The van der Waals surface area contributed by atoms with Crippen LogP contribution in [0, 0.1) is 0 Å². The molecule has 1 N–H and O–H groups in total. The molecule has 3 aromatic rings. The number of nitrogens with one attached hydrogen (secondary N) is 1. The zero-order valence-corrected chi connectivity index (χ0v) is 18.1. The SMILES string of the molecule is CCOc1ccc(-c2ccc(=O)n(C(C)C(=O)Nc3cc(C(F)(F)F)ccc3OC)n2)cc1. The summed E-state index contributed by atoms with van der Waals surface area (Å²) in [6, 6.07) is 11.5. The van der Waals surface area contributed by atoms with Crippen molar-refractivity contribution in [3.05, 3.63) is 70.5 Å². The monoisotopic (exact) mass is 461 g/mol. The Hall–Kier alpha value is -3.82. The average molecular weight is 461 g/mol. The molecule has 1 unspecified atom stereocenters. The van der Waals surface area contributed by atoms with Crippen molar-refractivity contribution in [3.8, 4) is 22.8 Å². The van der Waals surface area contributed by atoms with Gasteiger partial charge in [0.2, 0.25) is 5.91 Å². The van der Waals surface area contributed by atoms with Crippen molar-refractivity contribution in [3.63, 3.8) is 0 Å². The molecule has 0 saturated heterocycles. The van der Waals surface area contributed by atoms with Gasteiger partial charge in [0, 0.05) is 11.6 Å². The first-order valence-corrected chi connectivity index (χ1v) is 10.0. The number of anilines is 1. The van der Waals surface area contributed by atoms with Crippen LogP contribution in [0.5, 0.6) is 11.5 Å². The minimum absolute atomic E-state index is 0.0481. The van der Waals surface area contributed by atoms with Gasteiger partial charge in [-0.3, -0.25) is 9.59 Å². The molecule has 0 fully saturated rings. The van der Waals surface area contributed by atoms with Gasteiger partial charge in [-0.2, -0.15) is 18.3 Å². The molecule has 1 atom stereocenters. The number of aromatic nitrogens is 2. The van der Waals surface area contributed by atoms with Crippen molar-refractivity contribution in [1.29, 1.82) is 0 Å². The minimum Gasteiger partial charge on any atom is -0.495 e. The summed E-state index contributed by atoms with van der Waals surface area (Å²) in [5, 5.41) is 6.67. The van der Waals surface area contributed by atoms with Gasteiger partial charge in [0.1, 0.15) is 17.5 Å². The lowest BCUT2D eigenvalue weighted by atomic mass is 10.1. The molecule has 0 aliphatic carbocycles. The topological polar surface area (TPSA) is 82.5 Å². The molecule has 0 saturated carbocycles. The van der Waals surface area contributed by atoms with Crippen LogP contribution in [0.1, 0.15) is 25.5 Å². The zero-order chi connectivity index (χ0) is 24.2. The molecule has 1 heterocycles. The first-order valence-electron chi connectivity index (χ1n) is 10.0. The average Bonchev–Trinajstić information content (AvgIpc) is 2.79. The zero-order valence-electron chi connectivity index (χ0n) is 18.1. The van der Waals surface area contributed by atoms with Gasteiger partial charge in [0.25, 0.3) is 5.56 Å². The van der Waals surface area contributed by atoms with E-state index in [0.717, 1.165) is 22.9 Å². The second-order valence-electron chi connectivity index (χ2n) is 7.04. The van der Waals surface area contributed by atoms with Crippen LogP contribution in [-0.4, -0.2) is 29.4 Å². The van der Waals surface area contributed by atoms with Crippen molar-refractivity contribution in [2.24, 2.45) is 0 Å². The van der Waals surface area contributed by atoms with Gasteiger partial charge in [0.15, 0.2) is 0 Å². The van der Waals surface area contributed by atoms with E-state index in [-0.39, 0.29) is 11.4 Å². The highest BCUT2D eigenvalue weighted by atomic mass is 19.4. The third-order valence-corrected chi connectivity index (χ3v) is 4.82. The number of methoxy groups -OCH3 is 1. The van der Waals surface area contributed by atoms with Crippen molar-refractivity contribution >= 4 is 11.6 Å². The van der Waals surface area contributed by atoms with Gasteiger partial charge in [-0.25, -0.2) is 4.68 Å². The predicted octanol–water partition coefficient (Wildman–Crippen LogP) is 4.54. The molecule has 1 amide bonds. The van der Waals surface area contributed by atoms with Crippen LogP contribution in [0.3, 0.4) is 0 Å². The number of amides is 1. The van der Waals surface area contributed by atoms with Crippen LogP contribution in [0.2, 0.25) is 0 Å². The van der Waals surface area contributed by atoms with Crippen molar-refractivity contribution in [2.45, 2.75) is 26.1 Å². The summed E-state index contributed by atoms with van der Waals surface area (Å²) in [6.45, 7) is 3.81. The maximum atomic E-state index is 13.1. The number of alkyl halides is 3. The Kier molecular flexibility index (Phi) is 7.05. The second kappa shape index (κ2) is 9.76. The van der Waals surface area contributed by atoms with Gasteiger partial charge in [-0.15, -0.1) is 0 Å². The Labute approximate surface area is 187 Å². The van der Waals surface area contributed by atoms with E-state index < -0.39 is 29.2 Å². The number of hydrogen-bond acceptors (Lipinski definition) is 5. The molecule has 0 aliphatic rings. The summed E-state index contributed by atoms with van der Waals surface area (Å²) in [5.74, 6) is -0.00425. The Morgan fingerprint density at radius 1 is 1.12 bits per heavy atom. The van der Waals surface area contributed by atoms with Crippen LogP contribution in [-0.2, 0) is 11.0 Å². The van der Waals surface area contributed by atoms with E-state index >= 15 is 0 Å². The maximum absolute atomic E-state index is 13.1. The summed E-state index contributed by atoms with van der Waals surface area (Å²) in [7, 11) is 1.27. The lowest BCUT2D eigenvalue weighted by Crippen LogP contribution is -2.33. The summed E-state index contributed by atoms with van der Waals surface area (Å²) in [4.78, 5) is 25.2. The van der Waals surface area contributed by atoms with E-state index in [0.29, 0.717) is 23.6 Å². The smallest absolute Gasteiger partial charge is 0.416 e. The maximum Gasteiger partial charge on any atom is 0.416 e. The van der Waals surface area contributed by atoms with E-state index in [4.69, 9.17) is 9.47 Å². The number of nitrogens with zero attached hydrogens (tertiary/aromatic N) is 2. The second-order valence-corrected chi connectivity index (χ2v) is 7.04. The lowest BCUT2D eigenvalue weighted by Gasteiger charge is -2.17. The molecule has 0 aliphatic heterocycles. The molecular weight excluding hydrogens is 439 g/mol. The molecule has 174 valence electrons. The summed E-state index contributed by atoms with van der Waals surface area (Å²) in [5.41, 5.74) is -0.518. The predicted molar refractivity (Wildman–Crippen MR) is 116 cm³/mol. The molecular formula is C23H22F3N3O4. The minimum atomic E-state index is -4.60. The normalized spacial score (nSPS) is 12.2. The molecule has 2 aromatic carbocycles. The molecule has 3 rings (SSSR count). The molecule has 0 bridgehead atoms. The molecule has 7 nitrogen and oxygen atoms in total. The fourth-order valence-corrected chi connectivity index (χ4v) is 3.08. The first-order chi connectivity index (χ1) is 15.6. The van der Waals surface area contributed by atoms with E-state index in [2.05, 4.69) is 10.4 Å². The van der Waals surface area contributed by atoms with E-state index in [1.54, 1.807) is 24.3 Å². The van der Waals surface area contributed by atoms with Crippen molar-refractivity contribution in [1.82, 2.24) is 9.78 Å². The number of benzene rings is 2. The molecule has 10 heteroatoms. The number of ether oxygens (including phenoxy) is 2. The van der Waals surface area contributed by atoms with Crippen LogP contribution >= 0.6 is 0 Å². The van der Waals surface area contributed by atoms with Crippen LogP contribution in [0.25, 0.3) is 11.3 Å². The molecule has 1 aromatic heterocycles.